The van der Waals surface area contributed by atoms with E-state index in [1.807, 2.05) is 42.5 Å². The summed E-state index contributed by atoms with van der Waals surface area (Å²) in [5.41, 5.74) is 6.20. The molecule has 55 heavy (non-hydrogen) atoms. The zero-order valence-corrected chi connectivity index (χ0v) is 31.7. The molecule has 3 aliphatic rings. The monoisotopic (exact) mass is 782 g/mol. The minimum atomic E-state index is -0.786. The maximum atomic E-state index is 11.4. The lowest BCUT2D eigenvalue weighted by Crippen LogP contribution is -2.30. The molecule has 3 atom stereocenters. The van der Waals surface area contributed by atoms with Gasteiger partial charge in [-0.3, -0.25) is 15.1 Å². The molecule has 0 amide bonds. The number of aliphatic carboxylic acids is 1. The third kappa shape index (κ3) is 7.19. The molecule has 14 heteroatoms. The molecule has 0 spiro atoms. The van der Waals surface area contributed by atoms with E-state index in [-0.39, 0.29) is 23.6 Å². The number of likely N-dealkylation sites (tertiary alicyclic amines) is 2. The van der Waals surface area contributed by atoms with E-state index in [1.54, 1.807) is 23.9 Å². The molecule has 2 aliphatic heterocycles. The molecule has 0 bridgehead atoms. The second-order valence-electron chi connectivity index (χ2n) is 14.5. The number of carboxylic acid groups (broad SMARTS) is 1. The van der Waals surface area contributed by atoms with Gasteiger partial charge in [-0.05, 0) is 67.1 Å². The van der Waals surface area contributed by atoms with Gasteiger partial charge < -0.3 is 33.6 Å². The number of rotatable bonds is 11. The van der Waals surface area contributed by atoms with Crippen LogP contribution >= 0.6 is 23.2 Å². The highest BCUT2D eigenvalue weighted by molar-refractivity contribution is 6.36. The van der Waals surface area contributed by atoms with Crippen LogP contribution in [0.1, 0.15) is 47.6 Å². The summed E-state index contributed by atoms with van der Waals surface area (Å²) in [4.78, 5) is 20.3. The van der Waals surface area contributed by atoms with Gasteiger partial charge in [-0.2, -0.15) is 10.2 Å². The fourth-order valence-electron chi connectivity index (χ4n) is 8.20. The number of nitrogens with zero attached hydrogens (tertiary/aromatic N) is 5. The Balaban J connectivity index is 1.05. The Kier molecular flexibility index (Phi) is 10.3. The van der Waals surface area contributed by atoms with E-state index >= 15 is 0 Å². The molecule has 0 unspecified atom stereocenters. The maximum Gasteiger partial charge on any atom is 0.307 e. The minimum absolute atomic E-state index is 0.200. The van der Waals surface area contributed by atoms with Gasteiger partial charge in [0.25, 0.3) is 0 Å². The molecular formula is C41H40Cl2N6O6. The lowest BCUT2D eigenvalue weighted by molar-refractivity contribution is -0.141. The average molecular weight is 784 g/mol. The molecule has 0 saturated carbocycles. The van der Waals surface area contributed by atoms with Crippen molar-refractivity contribution in [3.63, 3.8) is 0 Å². The number of nitriles is 1. The smallest absolute Gasteiger partial charge is 0.307 e. The van der Waals surface area contributed by atoms with Crippen molar-refractivity contribution >= 4 is 40.1 Å². The maximum absolute atomic E-state index is 11.4. The number of carboxylic acids is 1. The molecule has 8 rings (SSSR count). The Bertz CT molecular complexity index is 2410. The van der Waals surface area contributed by atoms with Gasteiger partial charge in [-0.1, -0.05) is 53.5 Å². The average Bonchev–Trinajstić information content (AvgIpc) is 4.00. The van der Waals surface area contributed by atoms with Crippen LogP contribution in [0.5, 0.6) is 11.8 Å². The third-order valence-electron chi connectivity index (χ3n) is 11.0. The minimum Gasteiger partial charge on any atom is -0.481 e. The van der Waals surface area contributed by atoms with Gasteiger partial charge in [-0.25, -0.2) is 0 Å². The Morgan fingerprint density at radius 1 is 1.04 bits per heavy atom. The normalized spacial score (nSPS) is 19.9. The fraction of sp³-hybridized carbons (Fsp3) is 0.366. The number of aliphatic hydroxyl groups is 1. The molecule has 1 aliphatic carbocycles. The van der Waals surface area contributed by atoms with Gasteiger partial charge in [-0.15, -0.1) is 0 Å². The van der Waals surface area contributed by atoms with Crippen LogP contribution in [0.3, 0.4) is 0 Å². The predicted octanol–water partition coefficient (Wildman–Crippen LogP) is 6.67. The topological polar surface area (TPSA) is 161 Å². The Hall–Kier alpha value is -4.90. The van der Waals surface area contributed by atoms with Crippen LogP contribution in [0.25, 0.3) is 33.4 Å². The van der Waals surface area contributed by atoms with E-state index < -0.39 is 5.97 Å². The summed E-state index contributed by atoms with van der Waals surface area (Å²) in [7, 11) is 1.57. The van der Waals surface area contributed by atoms with Crippen molar-refractivity contribution in [1.82, 2.24) is 19.4 Å². The summed E-state index contributed by atoms with van der Waals surface area (Å²) in [6.45, 7) is 4.11. The van der Waals surface area contributed by atoms with E-state index in [2.05, 4.69) is 20.9 Å². The number of methoxy groups -OCH3 is 1. The first-order valence-corrected chi connectivity index (χ1v) is 19.2. The van der Waals surface area contributed by atoms with Crippen molar-refractivity contribution in [2.75, 3.05) is 39.8 Å². The Labute approximate surface area is 327 Å². The molecule has 12 nitrogen and oxygen atoms in total. The number of hydrogen-bond acceptors (Lipinski definition) is 10. The SMILES string of the molecule is COc1nc(O[C@H]2CCc3c(-c4cccc(-c5cc6c(=N)n(CCN7CC[C@@H](C(=O)O)C7)cc(C#N)c6o5)c4Cl)cccc32)c(Cl)cc1CN1CC[C@@H](O)C1. The number of fused-ring (bicyclic) bond motifs is 2. The molecule has 5 heterocycles. The highest BCUT2D eigenvalue weighted by atomic mass is 35.5. The predicted molar refractivity (Wildman–Crippen MR) is 206 cm³/mol. The first kappa shape index (κ1) is 37.0. The number of hydrogen-bond donors (Lipinski definition) is 3. The van der Waals surface area contributed by atoms with Crippen LogP contribution in [-0.4, -0.2) is 81.5 Å². The number of pyridine rings is 2. The van der Waals surface area contributed by atoms with E-state index in [0.29, 0.717) is 102 Å². The van der Waals surface area contributed by atoms with Crippen LogP contribution in [0.2, 0.25) is 10.0 Å². The van der Waals surface area contributed by atoms with E-state index in [4.69, 9.17) is 42.5 Å². The second-order valence-corrected chi connectivity index (χ2v) is 15.3. The van der Waals surface area contributed by atoms with Crippen molar-refractivity contribution in [2.45, 2.75) is 51.0 Å². The molecule has 5 aromatic rings. The number of β-amino-alcohol motifs (C(OH)–C–C–N with tert-alkyl or cyclic N) is 1. The molecule has 2 saturated heterocycles. The second kappa shape index (κ2) is 15.3. The number of aromatic nitrogens is 2. The summed E-state index contributed by atoms with van der Waals surface area (Å²) >= 11 is 13.9. The Morgan fingerprint density at radius 2 is 1.82 bits per heavy atom. The van der Waals surface area contributed by atoms with Gasteiger partial charge in [0.15, 0.2) is 5.58 Å². The number of benzene rings is 2. The summed E-state index contributed by atoms with van der Waals surface area (Å²) in [6, 6.07) is 17.6. The highest BCUT2D eigenvalue weighted by Crippen LogP contribution is 2.45. The van der Waals surface area contributed by atoms with Crippen LogP contribution in [-0.2, 0) is 24.3 Å². The molecular weight excluding hydrogens is 743 g/mol. The van der Waals surface area contributed by atoms with Crippen LogP contribution in [0.4, 0.5) is 0 Å². The van der Waals surface area contributed by atoms with Gasteiger partial charge in [0, 0.05) is 62.2 Å². The molecule has 284 valence electrons. The van der Waals surface area contributed by atoms with Gasteiger partial charge in [0.1, 0.15) is 34.0 Å². The third-order valence-corrected chi connectivity index (χ3v) is 11.7. The first-order chi connectivity index (χ1) is 26.6. The van der Waals surface area contributed by atoms with Crippen molar-refractivity contribution < 1.29 is 28.9 Å². The largest absolute Gasteiger partial charge is 0.481 e. The zero-order valence-electron chi connectivity index (χ0n) is 30.2. The van der Waals surface area contributed by atoms with Gasteiger partial charge >= 0.3 is 5.97 Å². The fourth-order valence-corrected chi connectivity index (χ4v) is 8.73. The molecule has 2 aromatic carbocycles. The van der Waals surface area contributed by atoms with Crippen molar-refractivity contribution in [2.24, 2.45) is 5.92 Å². The lowest BCUT2D eigenvalue weighted by Gasteiger charge is -2.20. The van der Waals surface area contributed by atoms with E-state index in [1.165, 1.54) is 0 Å². The molecule has 0 radical (unpaired) electrons. The number of ether oxygens (including phenoxy) is 2. The first-order valence-electron chi connectivity index (χ1n) is 18.4. The summed E-state index contributed by atoms with van der Waals surface area (Å²) < 4.78 is 20.1. The number of aliphatic hydroxyl groups excluding tert-OH is 1. The van der Waals surface area contributed by atoms with Gasteiger partial charge in [0.2, 0.25) is 11.8 Å². The zero-order chi connectivity index (χ0) is 38.4. The summed E-state index contributed by atoms with van der Waals surface area (Å²) in [5.74, 6) is 0.0147. The standard InChI is InChI=1S/C41H40Cl2N6O6/c1-53-39-24(20-48-13-11-26(50)22-48)16-33(42)40(46-39)55-34-9-8-28-27(4-2-5-29(28)34)30-6-3-7-31(36(30)43)35-17-32-37(54-35)25(18-44)21-49(38(32)45)15-14-47-12-10-23(19-47)41(51)52/h2-7,16-17,21,23,26,34,45,50H,8-15,19-20,22H2,1H3,(H,51,52)/t23-,26-,34+/m1/s1. The van der Waals surface area contributed by atoms with Crippen molar-refractivity contribution in [3.05, 3.63) is 92.5 Å². The summed E-state index contributed by atoms with van der Waals surface area (Å²) in [6.07, 6.45) is 3.79. The molecule has 3 aromatic heterocycles. The molecule has 2 fully saturated rings. The Morgan fingerprint density at radius 3 is 2.56 bits per heavy atom. The van der Waals surface area contributed by atoms with E-state index in [9.17, 15) is 20.3 Å². The summed E-state index contributed by atoms with van der Waals surface area (Å²) in [5, 5.41) is 39.7. The molecule has 3 N–H and O–H groups in total. The van der Waals surface area contributed by atoms with Crippen LogP contribution < -0.4 is 15.0 Å². The lowest BCUT2D eigenvalue weighted by atomic mass is 9.95. The number of furan rings is 1. The van der Waals surface area contributed by atoms with Crippen molar-refractivity contribution in [1.29, 1.82) is 10.7 Å². The number of halogens is 2. The van der Waals surface area contributed by atoms with Gasteiger partial charge in [0.05, 0.1) is 29.5 Å². The van der Waals surface area contributed by atoms with Crippen LogP contribution in [0.15, 0.2) is 59.1 Å². The van der Waals surface area contributed by atoms with Crippen molar-refractivity contribution in [3.8, 4) is 40.3 Å². The number of carbonyl (C=O) groups is 1. The number of nitrogens with one attached hydrogen (secondary N) is 1. The quantitative estimate of drug-likeness (QED) is 0.132. The van der Waals surface area contributed by atoms with Crippen LogP contribution in [0, 0.1) is 22.7 Å². The highest BCUT2D eigenvalue weighted by Gasteiger charge is 2.31. The van der Waals surface area contributed by atoms with E-state index in [0.717, 1.165) is 47.2 Å².